The predicted octanol–water partition coefficient (Wildman–Crippen LogP) is 2.22. The predicted molar refractivity (Wildman–Crippen MR) is 51.6 cm³/mol. The molecule has 70 valence electrons. The smallest absolute Gasteiger partial charge is 0.0500 e. The lowest BCUT2D eigenvalue weighted by Gasteiger charge is -2.17. The Labute approximate surface area is 78.9 Å². The first-order valence-electron chi connectivity index (χ1n) is 4.85. The molecule has 2 atom stereocenters. The second kappa shape index (κ2) is 3.88. The fourth-order valence-corrected chi connectivity index (χ4v) is 1.89. The summed E-state index contributed by atoms with van der Waals surface area (Å²) in [5, 5.41) is 0. The van der Waals surface area contributed by atoms with Gasteiger partial charge < -0.3 is 4.74 Å². The van der Waals surface area contributed by atoms with Crippen LogP contribution in [-0.2, 0) is 4.74 Å². The first kappa shape index (κ1) is 8.70. The van der Waals surface area contributed by atoms with Crippen LogP contribution in [0.4, 0.5) is 0 Å². The van der Waals surface area contributed by atoms with Gasteiger partial charge in [-0.15, -0.1) is 0 Å². The monoisotopic (exact) mass is 177 g/mol. The fraction of sp³-hybridized carbons (Fsp3) is 0.545. The standard InChI is InChI=1S/C11H15NO/c1-9(11-4-7-13-8-11)10-2-5-12-6-3-10/h2-3,5-6,9,11H,4,7-8H2,1H3. The van der Waals surface area contributed by atoms with Crippen LogP contribution in [0, 0.1) is 5.92 Å². The van der Waals surface area contributed by atoms with Gasteiger partial charge in [-0.3, -0.25) is 4.98 Å². The summed E-state index contributed by atoms with van der Waals surface area (Å²) in [5.41, 5.74) is 1.38. The Morgan fingerprint density at radius 2 is 2.23 bits per heavy atom. The first-order chi connectivity index (χ1) is 6.38. The molecular weight excluding hydrogens is 162 g/mol. The van der Waals surface area contributed by atoms with E-state index in [1.807, 2.05) is 12.4 Å². The number of ether oxygens (including phenoxy) is 1. The largest absolute Gasteiger partial charge is 0.381 e. The van der Waals surface area contributed by atoms with Crippen molar-refractivity contribution in [2.75, 3.05) is 13.2 Å². The minimum Gasteiger partial charge on any atom is -0.381 e. The Hall–Kier alpha value is -0.890. The molecule has 2 nitrogen and oxygen atoms in total. The maximum Gasteiger partial charge on any atom is 0.0500 e. The number of nitrogens with zero attached hydrogens (tertiary/aromatic N) is 1. The van der Waals surface area contributed by atoms with Crippen LogP contribution in [0.2, 0.25) is 0 Å². The molecule has 2 unspecified atom stereocenters. The third-order valence-electron chi connectivity index (χ3n) is 2.90. The maximum absolute atomic E-state index is 5.38. The van der Waals surface area contributed by atoms with Crippen molar-refractivity contribution in [3.05, 3.63) is 30.1 Å². The summed E-state index contributed by atoms with van der Waals surface area (Å²) in [6.45, 7) is 4.12. The van der Waals surface area contributed by atoms with Crippen molar-refractivity contribution >= 4 is 0 Å². The van der Waals surface area contributed by atoms with Gasteiger partial charge in [0, 0.05) is 19.0 Å². The molecule has 2 rings (SSSR count). The fourth-order valence-electron chi connectivity index (χ4n) is 1.89. The third kappa shape index (κ3) is 1.89. The zero-order chi connectivity index (χ0) is 9.10. The number of pyridine rings is 1. The van der Waals surface area contributed by atoms with Crippen LogP contribution in [0.5, 0.6) is 0 Å². The number of aromatic nitrogens is 1. The molecule has 13 heavy (non-hydrogen) atoms. The van der Waals surface area contributed by atoms with E-state index in [-0.39, 0.29) is 0 Å². The Balaban J connectivity index is 2.08. The van der Waals surface area contributed by atoms with Crippen LogP contribution >= 0.6 is 0 Å². The van der Waals surface area contributed by atoms with E-state index >= 15 is 0 Å². The maximum atomic E-state index is 5.38. The first-order valence-corrected chi connectivity index (χ1v) is 4.85. The molecular formula is C11H15NO. The van der Waals surface area contributed by atoms with E-state index in [0.29, 0.717) is 11.8 Å². The van der Waals surface area contributed by atoms with Gasteiger partial charge in [0.15, 0.2) is 0 Å². The van der Waals surface area contributed by atoms with Crippen LogP contribution < -0.4 is 0 Å². The van der Waals surface area contributed by atoms with E-state index in [1.165, 1.54) is 12.0 Å². The highest BCUT2D eigenvalue weighted by Gasteiger charge is 2.22. The normalized spacial score (nSPS) is 24.5. The summed E-state index contributed by atoms with van der Waals surface area (Å²) >= 11 is 0. The molecule has 1 aromatic rings. The lowest BCUT2D eigenvalue weighted by Crippen LogP contribution is -2.09. The SMILES string of the molecule is CC(c1ccncc1)C1CCOC1. The topological polar surface area (TPSA) is 22.1 Å². The van der Waals surface area contributed by atoms with Crippen molar-refractivity contribution in [2.45, 2.75) is 19.3 Å². The van der Waals surface area contributed by atoms with Crippen molar-refractivity contribution in [1.29, 1.82) is 0 Å². The van der Waals surface area contributed by atoms with Crippen LogP contribution in [0.25, 0.3) is 0 Å². The highest BCUT2D eigenvalue weighted by atomic mass is 16.5. The average molecular weight is 177 g/mol. The Morgan fingerprint density at radius 1 is 1.46 bits per heavy atom. The van der Waals surface area contributed by atoms with E-state index in [0.717, 1.165) is 13.2 Å². The summed E-state index contributed by atoms with van der Waals surface area (Å²) in [6.07, 6.45) is 4.92. The Morgan fingerprint density at radius 3 is 2.85 bits per heavy atom. The second-order valence-corrected chi connectivity index (χ2v) is 3.69. The second-order valence-electron chi connectivity index (χ2n) is 3.69. The van der Waals surface area contributed by atoms with Gasteiger partial charge in [-0.1, -0.05) is 6.92 Å². The van der Waals surface area contributed by atoms with Crippen LogP contribution in [0.1, 0.15) is 24.8 Å². The van der Waals surface area contributed by atoms with E-state index in [4.69, 9.17) is 4.74 Å². The van der Waals surface area contributed by atoms with Crippen molar-refractivity contribution in [3.8, 4) is 0 Å². The van der Waals surface area contributed by atoms with Gasteiger partial charge in [0.2, 0.25) is 0 Å². The number of hydrogen-bond acceptors (Lipinski definition) is 2. The number of rotatable bonds is 2. The van der Waals surface area contributed by atoms with Crippen molar-refractivity contribution in [1.82, 2.24) is 4.98 Å². The molecule has 2 heterocycles. The minimum absolute atomic E-state index is 0.602. The molecule has 1 fully saturated rings. The molecule has 0 aliphatic carbocycles. The summed E-state index contributed by atoms with van der Waals surface area (Å²) in [6, 6.07) is 4.20. The quantitative estimate of drug-likeness (QED) is 0.691. The van der Waals surface area contributed by atoms with Gasteiger partial charge in [-0.2, -0.15) is 0 Å². The molecule has 0 N–H and O–H groups in total. The zero-order valence-electron chi connectivity index (χ0n) is 7.94. The van der Waals surface area contributed by atoms with Gasteiger partial charge in [0.1, 0.15) is 0 Å². The molecule has 0 spiro atoms. The van der Waals surface area contributed by atoms with Crippen LogP contribution in [0.3, 0.4) is 0 Å². The Kier molecular flexibility index (Phi) is 2.60. The molecule has 1 aromatic heterocycles. The van der Waals surface area contributed by atoms with Crippen molar-refractivity contribution in [2.24, 2.45) is 5.92 Å². The molecule has 0 saturated carbocycles. The van der Waals surface area contributed by atoms with Gasteiger partial charge in [0.05, 0.1) is 6.61 Å². The van der Waals surface area contributed by atoms with Crippen molar-refractivity contribution < 1.29 is 4.74 Å². The van der Waals surface area contributed by atoms with E-state index < -0.39 is 0 Å². The highest BCUT2D eigenvalue weighted by molar-refractivity contribution is 5.16. The van der Waals surface area contributed by atoms with Crippen molar-refractivity contribution in [3.63, 3.8) is 0 Å². The van der Waals surface area contributed by atoms with Crippen LogP contribution in [-0.4, -0.2) is 18.2 Å². The van der Waals surface area contributed by atoms with Gasteiger partial charge in [-0.05, 0) is 36.0 Å². The van der Waals surface area contributed by atoms with Gasteiger partial charge >= 0.3 is 0 Å². The summed E-state index contributed by atoms with van der Waals surface area (Å²) in [4.78, 5) is 4.02. The summed E-state index contributed by atoms with van der Waals surface area (Å²) in [7, 11) is 0. The molecule has 0 amide bonds. The number of hydrogen-bond donors (Lipinski definition) is 0. The van der Waals surface area contributed by atoms with E-state index in [1.54, 1.807) is 0 Å². The lowest BCUT2D eigenvalue weighted by atomic mass is 9.88. The van der Waals surface area contributed by atoms with E-state index in [9.17, 15) is 0 Å². The summed E-state index contributed by atoms with van der Waals surface area (Å²) < 4.78 is 5.38. The Bertz CT molecular complexity index is 254. The molecule has 0 radical (unpaired) electrons. The molecule has 0 aromatic carbocycles. The third-order valence-corrected chi connectivity index (χ3v) is 2.90. The lowest BCUT2D eigenvalue weighted by molar-refractivity contribution is 0.181. The van der Waals surface area contributed by atoms with Gasteiger partial charge in [-0.25, -0.2) is 0 Å². The van der Waals surface area contributed by atoms with Crippen LogP contribution in [0.15, 0.2) is 24.5 Å². The highest BCUT2D eigenvalue weighted by Crippen LogP contribution is 2.29. The molecule has 2 heteroatoms. The molecule has 1 aliphatic heterocycles. The minimum atomic E-state index is 0.602. The van der Waals surface area contributed by atoms with E-state index in [2.05, 4.69) is 24.0 Å². The van der Waals surface area contributed by atoms with Gasteiger partial charge in [0.25, 0.3) is 0 Å². The molecule has 0 bridgehead atoms. The average Bonchev–Trinajstić information content (AvgIpc) is 2.71. The molecule has 1 aliphatic rings. The summed E-state index contributed by atoms with van der Waals surface area (Å²) in [5.74, 6) is 1.30. The molecule has 1 saturated heterocycles. The zero-order valence-corrected chi connectivity index (χ0v) is 7.94.